The molecule has 0 spiro atoms. The molecule has 2 amide bonds. The molecule has 2 fully saturated rings. The van der Waals surface area contributed by atoms with Gasteiger partial charge in [0.25, 0.3) is 11.5 Å². The van der Waals surface area contributed by atoms with Crippen LogP contribution in [0.25, 0.3) is 11.1 Å². The highest BCUT2D eigenvalue weighted by Crippen LogP contribution is 2.43. The lowest BCUT2D eigenvalue weighted by atomic mass is 9.91. The van der Waals surface area contributed by atoms with Gasteiger partial charge in [0.2, 0.25) is 5.88 Å². The number of H-pyrrole nitrogens is 1. The average Bonchev–Trinajstić information content (AvgIpc) is 3.15. The van der Waals surface area contributed by atoms with Crippen molar-refractivity contribution >= 4 is 23.3 Å². The van der Waals surface area contributed by atoms with Gasteiger partial charge in [0.15, 0.2) is 0 Å². The zero-order valence-electron chi connectivity index (χ0n) is 19.3. The third kappa shape index (κ3) is 4.41. The molecule has 6 rings (SSSR count). The summed E-state index contributed by atoms with van der Waals surface area (Å²) in [5, 5.41) is 9.39. The topological polar surface area (TPSA) is 100 Å². The van der Waals surface area contributed by atoms with Crippen molar-refractivity contribution in [2.45, 2.75) is 56.2 Å². The molecule has 2 aliphatic heterocycles. The number of fused-ring (bicyclic) bond motifs is 4. The van der Waals surface area contributed by atoms with Crippen molar-refractivity contribution in [1.29, 1.82) is 0 Å². The number of carbonyl (C=O) groups is 1. The van der Waals surface area contributed by atoms with E-state index in [9.17, 15) is 18.4 Å². The minimum Gasteiger partial charge on any atom is -0.474 e. The smallest absolute Gasteiger partial charge is 0.322 e. The molecule has 2 aromatic heterocycles. The maximum atomic E-state index is 15.1. The summed E-state index contributed by atoms with van der Waals surface area (Å²) < 4.78 is 46.5. The lowest BCUT2D eigenvalue weighted by Gasteiger charge is -2.35. The van der Waals surface area contributed by atoms with Crippen molar-refractivity contribution in [3.8, 4) is 17.0 Å². The Morgan fingerprint density at radius 3 is 2.76 bits per heavy atom. The molecule has 1 aromatic carbocycles. The summed E-state index contributed by atoms with van der Waals surface area (Å²) in [5.74, 6) is -3.18. The second-order valence-corrected chi connectivity index (χ2v) is 10.0. The van der Waals surface area contributed by atoms with E-state index in [0.29, 0.717) is 29.7 Å². The maximum Gasteiger partial charge on any atom is 0.322 e. The van der Waals surface area contributed by atoms with E-state index in [1.54, 1.807) is 11.0 Å². The molecule has 12 heteroatoms. The summed E-state index contributed by atoms with van der Waals surface area (Å²) >= 11 is 6.43. The van der Waals surface area contributed by atoms with Crippen LogP contribution in [0.5, 0.6) is 5.88 Å². The highest BCUT2D eigenvalue weighted by Gasteiger charge is 2.47. The van der Waals surface area contributed by atoms with Crippen LogP contribution in [-0.2, 0) is 6.42 Å². The minimum atomic E-state index is -2.69. The summed E-state index contributed by atoms with van der Waals surface area (Å²) in [5.41, 5.74) is 1.98. The van der Waals surface area contributed by atoms with Gasteiger partial charge in [-0.1, -0.05) is 11.6 Å². The quantitative estimate of drug-likeness (QED) is 0.488. The van der Waals surface area contributed by atoms with Crippen LogP contribution in [-0.4, -0.2) is 44.2 Å². The number of halogens is 4. The first-order valence-corrected chi connectivity index (χ1v) is 12.2. The number of anilines is 1. The highest BCUT2D eigenvalue weighted by atomic mass is 35.5. The molecule has 192 valence electrons. The lowest BCUT2D eigenvalue weighted by Crippen LogP contribution is -2.45. The van der Waals surface area contributed by atoms with Crippen molar-refractivity contribution in [1.82, 2.24) is 20.1 Å². The number of nitrogens with zero attached hydrogens (tertiary/aromatic N) is 3. The fourth-order valence-corrected chi connectivity index (χ4v) is 5.60. The molecular weight excluding hydrogens is 511 g/mol. The molecule has 1 saturated carbocycles. The number of aromatic amines is 1. The van der Waals surface area contributed by atoms with Gasteiger partial charge in [-0.15, -0.1) is 0 Å². The van der Waals surface area contributed by atoms with Crippen molar-refractivity contribution in [2.24, 2.45) is 0 Å². The fraction of sp³-hybridized carbons (Fsp3) is 0.360. The predicted octanol–water partition coefficient (Wildman–Crippen LogP) is 5.09. The van der Waals surface area contributed by atoms with E-state index < -0.39 is 23.9 Å². The molecule has 1 aliphatic carbocycles. The zero-order chi connectivity index (χ0) is 25.9. The molecule has 2 bridgehead atoms. The van der Waals surface area contributed by atoms with E-state index in [0.717, 1.165) is 12.0 Å². The Morgan fingerprint density at radius 1 is 1.22 bits per heavy atom. The van der Waals surface area contributed by atoms with Gasteiger partial charge >= 0.3 is 6.03 Å². The third-order valence-electron chi connectivity index (χ3n) is 7.11. The van der Waals surface area contributed by atoms with Crippen LogP contribution in [0, 0.1) is 5.82 Å². The van der Waals surface area contributed by atoms with Crippen LogP contribution >= 0.6 is 11.6 Å². The Bertz CT molecular complexity index is 1440. The number of aromatic nitrogens is 3. The van der Waals surface area contributed by atoms with E-state index in [2.05, 4.69) is 20.5 Å². The number of alkyl halides is 2. The molecule has 2 atom stereocenters. The number of rotatable bonds is 4. The Balaban J connectivity index is 1.17. The highest BCUT2D eigenvalue weighted by molar-refractivity contribution is 6.33. The van der Waals surface area contributed by atoms with Crippen LogP contribution in [0.4, 0.5) is 23.7 Å². The number of pyridine rings is 1. The van der Waals surface area contributed by atoms with Crippen LogP contribution in [0.1, 0.15) is 43.0 Å². The molecule has 37 heavy (non-hydrogen) atoms. The summed E-state index contributed by atoms with van der Waals surface area (Å²) in [6, 6.07) is 6.28. The predicted molar refractivity (Wildman–Crippen MR) is 128 cm³/mol. The van der Waals surface area contributed by atoms with Gasteiger partial charge in [-0.05, 0) is 43.0 Å². The van der Waals surface area contributed by atoms with Crippen molar-refractivity contribution in [3.05, 3.63) is 69.0 Å². The molecule has 0 unspecified atom stereocenters. The van der Waals surface area contributed by atoms with Gasteiger partial charge in [-0.3, -0.25) is 4.79 Å². The normalized spacial score (nSPS) is 21.8. The molecule has 1 saturated heterocycles. The molecular formula is C25H21ClF3N5O3. The van der Waals surface area contributed by atoms with Gasteiger partial charge < -0.3 is 15.0 Å². The SMILES string of the molecule is O=C(Nc1cc(Cl)c(-c2ccc(OC3CC(F)(F)C3)nc2)cc1F)N1[C@H]2CC[C@@H]1c1n[nH]c(=O)cc1C2. The molecule has 3 aromatic rings. The van der Waals surface area contributed by atoms with Crippen LogP contribution in [0.3, 0.4) is 0 Å². The van der Waals surface area contributed by atoms with Crippen molar-refractivity contribution < 1.29 is 22.7 Å². The maximum absolute atomic E-state index is 15.1. The summed E-state index contributed by atoms with van der Waals surface area (Å²) in [6.07, 6.45) is 2.10. The van der Waals surface area contributed by atoms with Crippen LogP contribution < -0.4 is 15.6 Å². The van der Waals surface area contributed by atoms with Gasteiger partial charge in [0.05, 0.1) is 22.4 Å². The Hall–Kier alpha value is -3.60. The number of benzene rings is 1. The lowest BCUT2D eigenvalue weighted by molar-refractivity contribution is -0.135. The minimum absolute atomic E-state index is 0.0720. The second kappa shape index (κ2) is 8.76. The molecule has 0 radical (unpaired) electrons. The Kier molecular flexibility index (Phi) is 5.63. The summed E-state index contributed by atoms with van der Waals surface area (Å²) in [6.45, 7) is 0. The van der Waals surface area contributed by atoms with Gasteiger partial charge in [-0.2, -0.15) is 5.10 Å². The number of ether oxygens (including phenoxy) is 1. The second-order valence-electron chi connectivity index (χ2n) is 9.63. The largest absolute Gasteiger partial charge is 0.474 e. The van der Waals surface area contributed by atoms with E-state index in [-0.39, 0.29) is 47.1 Å². The first-order valence-electron chi connectivity index (χ1n) is 11.8. The number of amides is 2. The average molecular weight is 532 g/mol. The van der Waals surface area contributed by atoms with Crippen molar-refractivity contribution in [3.63, 3.8) is 0 Å². The number of carbonyl (C=O) groups excluding carboxylic acids is 1. The van der Waals surface area contributed by atoms with Crippen molar-refractivity contribution in [2.75, 3.05) is 5.32 Å². The van der Waals surface area contributed by atoms with Gasteiger partial charge in [0, 0.05) is 48.3 Å². The fourth-order valence-electron chi connectivity index (χ4n) is 5.33. The first-order chi connectivity index (χ1) is 17.7. The molecule has 2 N–H and O–H groups in total. The Labute approximate surface area is 213 Å². The van der Waals surface area contributed by atoms with E-state index in [1.807, 2.05) is 0 Å². The monoisotopic (exact) mass is 531 g/mol. The molecule has 4 heterocycles. The zero-order valence-corrected chi connectivity index (χ0v) is 20.1. The first kappa shape index (κ1) is 23.8. The molecule has 8 nitrogen and oxygen atoms in total. The summed E-state index contributed by atoms with van der Waals surface area (Å²) in [4.78, 5) is 30.6. The van der Waals surface area contributed by atoms with E-state index >= 15 is 4.39 Å². The van der Waals surface area contributed by atoms with E-state index in [4.69, 9.17) is 16.3 Å². The third-order valence-corrected chi connectivity index (χ3v) is 7.43. The van der Waals surface area contributed by atoms with Crippen LogP contribution in [0.2, 0.25) is 5.02 Å². The number of nitrogens with one attached hydrogen (secondary N) is 2. The number of hydrogen-bond donors (Lipinski definition) is 2. The van der Waals surface area contributed by atoms with Gasteiger partial charge in [0.1, 0.15) is 11.9 Å². The Morgan fingerprint density at radius 2 is 2.03 bits per heavy atom. The van der Waals surface area contributed by atoms with Crippen LogP contribution in [0.15, 0.2) is 41.3 Å². The standard InChI is InChI=1S/C25H21ClF3N5O3/c26-17-8-19(31-24(36)34-14-2-3-20(34)23-13(5-14)6-21(35)32-33-23)18(27)7-16(17)12-1-4-22(30-11-12)37-15-9-25(28,29)10-15/h1,4,6-8,11,14-15,20H,2-3,5,9-10H2,(H,31,36)(H,32,35)/t14-,20+/m0/s1. The number of urea groups is 1. The van der Waals surface area contributed by atoms with E-state index in [1.165, 1.54) is 30.5 Å². The number of hydrogen-bond acceptors (Lipinski definition) is 5. The van der Waals surface area contributed by atoms with Gasteiger partial charge in [-0.25, -0.2) is 28.0 Å². The summed E-state index contributed by atoms with van der Waals surface area (Å²) in [7, 11) is 0. The molecule has 3 aliphatic rings.